The Hall–Kier alpha value is -2.59. The van der Waals surface area contributed by atoms with Crippen molar-refractivity contribution in [3.63, 3.8) is 0 Å². The average molecular weight is 398 g/mol. The molecule has 9 nitrogen and oxygen atoms in total. The summed E-state index contributed by atoms with van der Waals surface area (Å²) < 4.78 is 5.14. The summed E-state index contributed by atoms with van der Waals surface area (Å²) >= 11 is 6.87. The Labute approximate surface area is 157 Å². The fourth-order valence-corrected chi connectivity index (χ4v) is 2.67. The van der Waals surface area contributed by atoms with Crippen molar-refractivity contribution >= 4 is 40.9 Å². The van der Waals surface area contributed by atoms with Gasteiger partial charge in [0.05, 0.1) is 18.6 Å². The maximum atomic E-state index is 12.1. The average Bonchev–Trinajstić information content (AvgIpc) is 2.59. The number of anilines is 1. The predicted molar refractivity (Wildman–Crippen MR) is 93.3 cm³/mol. The highest BCUT2D eigenvalue weighted by Gasteiger charge is 2.11. The summed E-state index contributed by atoms with van der Waals surface area (Å²) in [6.07, 6.45) is -0.404. The Morgan fingerprint density at radius 3 is 2.81 bits per heavy atom. The highest BCUT2D eigenvalue weighted by atomic mass is 35.5. The molecule has 0 aliphatic rings. The van der Waals surface area contributed by atoms with E-state index in [-0.39, 0.29) is 35.4 Å². The van der Waals surface area contributed by atoms with E-state index in [1.807, 2.05) is 0 Å². The molecule has 11 heteroatoms. The van der Waals surface area contributed by atoms with E-state index in [9.17, 15) is 19.5 Å². The first kappa shape index (κ1) is 19.7. The number of aromatic amines is 1. The number of ether oxygens (including phenoxy) is 1. The van der Waals surface area contributed by atoms with Gasteiger partial charge in [0.2, 0.25) is 5.91 Å². The van der Waals surface area contributed by atoms with Gasteiger partial charge < -0.3 is 20.0 Å². The second-order valence-corrected chi connectivity index (χ2v) is 6.36. The first-order valence-electron chi connectivity index (χ1n) is 7.31. The Morgan fingerprint density at radius 1 is 1.38 bits per heavy atom. The van der Waals surface area contributed by atoms with Crippen LogP contribution in [0.4, 0.5) is 5.69 Å². The Kier molecular flexibility index (Phi) is 6.98. The van der Waals surface area contributed by atoms with Crippen LogP contribution in [0.3, 0.4) is 0 Å². The molecule has 1 aromatic heterocycles. The van der Waals surface area contributed by atoms with Gasteiger partial charge in [0.15, 0.2) is 5.16 Å². The second kappa shape index (κ2) is 9.20. The maximum absolute atomic E-state index is 12.1. The first-order valence-corrected chi connectivity index (χ1v) is 8.67. The number of hydrogen-bond acceptors (Lipinski definition) is 8. The fraction of sp³-hybridized carbons (Fsp3) is 0.267. The van der Waals surface area contributed by atoms with Crippen molar-refractivity contribution in [2.75, 3.05) is 18.2 Å². The van der Waals surface area contributed by atoms with E-state index in [1.165, 1.54) is 7.11 Å². The number of aryl methyl sites for hydroxylation is 1. The van der Waals surface area contributed by atoms with Gasteiger partial charge in [0.1, 0.15) is 11.4 Å². The van der Waals surface area contributed by atoms with Crippen LogP contribution in [-0.4, -0.2) is 39.9 Å². The van der Waals surface area contributed by atoms with E-state index in [4.69, 9.17) is 16.3 Å². The lowest BCUT2D eigenvalue weighted by Gasteiger charge is -2.10. The van der Waals surface area contributed by atoms with Crippen molar-refractivity contribution in [3.05, 3.63) is 39.3 Å². The van der Waals surface area contributed by atoms with Crippen LogP contribution in [0.5, 0.6) is 5.75 Å². The van der Waals surface area contributed by atoms with Crippen molar-refractivity contribution in [1.29, 1.82) is 0 Å². The van der Waals surface area contributed by atoms with E-state index in [0.717, 1.165) is 11.8 Å². The maximum Gasteiger partial charge on any atom is 0.273 e. The molecule has 0 saturated heterocycles. The van der Waals surface area contributed by atoms with E-state index in [2.05, 4.69) is 20.5 Å². The minimum Gasteiger partial charge on any atom is -0.550 e. The monoisotopic (exact) mass is 397 g/mol. The number of nitrogens with one attached hydrogen (secondary N) is 2. The molecule has 0 spiro atoms. The first-order chi connectivity index (χ1) is 12.4. The molecule has 26 heavy (non-hydrogen) atoms. The van der Waals surface area contributed by atoms with Crippen LogP contribution < -0.4 is 20.7 Å². The SMILES string of the molecule is COc1ccc(Cl)cc1NC(=O)CSc1nnc(CCC(=O)[O-])c(=O)[nH]1. The van der Waals surface area contributed by atoms with Crippen molar-refractivity contribution in [1.82, 2.24) is 15.2 Å². The number of methoxy groups -OCH3 is 1. The number of amides is 1. The Bertz CT molecular complexity index is 873. The minimum atomic E-state index is -1.28. The number of aliphatic carboxylic acids is 1. The standard InChI is InChI=1S/C15H15ClN4O5S/c1-25-11-4-2-8(16)6-10(11)17-12(21)7-26-15-18-14(24)9(19-20-15)3-5-13(22)23/h2,4,6H,3,5,7H2,1H3,(H,17,21)(H,22,23)(H,18,20,24)/p-1. The van der Waals surface area contributed by atoms with Crippen molar-refractivity contribution in [2.45, 2.75) is 18.0 Å². The summed E-state index contributed by atoms with van der Waals surface area (Å²) in [5.41, 5.74) is -0.143. The van der Waals surface area contributed by atoms with Gasteiger partial charge in [-0.15, -0.1) is 10.2 Å². The third-order valence-electron chi connectivity index (χ3n) is 3.09. The molecule has 0 fully saturated rings. The van der Waals surface area contributed by atoms with Gasteiger partial charge in [-0.1, -0.05) is 23.4 Å². The van der Waals surface area contributed by atoms with Crippen LogP contribution in [0.1, 0.15) is 12.1 Å². The summed E-state index contributed by atoms with van der Waals surface area (Å²) in [6, 6.07) is 4.81. The van der Waals surface area contributed by atoms with Gasteiger partial charge >= 0.3 is 0 Å². The molecule has 2 rings (SSSR count). The summed E-state index contributed by atoms with van der Waals surface area (Å²) in [5.74, 6) is -1.23. The van der Waals surface area contributed by atoms with Crippen LogP contribution in [0, 0.1) is 0 Å². The Balaban J connectivity index is 1.95. The summed E-state index contributed by atoms with van der Waals surface area (Å²) in [7, 11) is 1.47. The predicted octanol–water partition coefficient (Wildman–Crippen LogP) is 0.240. The number of carboxylic acids is 1. The van der Waals surface area contributed by atoms with Crippen LogP contribution in [0.2, 0.25) is 5.02 Å². The molecule has 1 heterocycles. The molecule has 2 aromatic rings. The molecule has 0 aliphatic carbocycles. The van der Waals surface area contributed by atoms with Gasteiger partial charge in [-0.2, -0.15) is 0 Å². The molecule has 2 N–H and O–H groups in total. The third kappa shape index (κ3) is 5.74. The van der Waals surface area contributed by atoms with E-state index >= 15 is 0 Å². The van der Waals surface area contributed by atoms with E-state index < -0.39 is 11.5 Å². The minimum absolute atomic E-state index is 0.00772. The normalized spacial score (nSPS) is 10.4. The number of benzene rings is 1. The zero-order chi connectivity index (χ0) is 19.1. The van der Waals surface area contributed by atoms with Gasteiger partial charge in [-0.05, 0) is 24.6 Å². The smallest absolute Gasteiger partial charge is 0.273 e. The molecule has 138 valence electrons. The van der Waals surface area contributed by atoms with Crippen molar-refractivity contribution in [2.24, 2.45) is 0 Å². The largest absolute Gasteiger partial charge is 0.550 e. The van der Waals surface area contributed by atoms with Gasteiger partial charge in [-0.25, -0.2) is 0 Å². The van der Waals surface area contributed by atoms with Crippen LogP contribution in [0.25, 0.3) is 0 Å². The van der Waals surface area contributed by atoms with Gasteiger partial charge in [0, 0.05) is 17.4 Å². The Morgan fingerprint density at radius 2 is 2.15 bits per heavy atom. The van der Waals surface area contributed by atoms with Crippen molar-refractivity contribution in [3.8, 4) is 5.75 Å². The molecule has 0 unspecified atom stereocenters. The third-order valence-corrected chi connectivity index (χ3v) is 4.18. The fourth-order valence-electron chi connectivity index (χ4n) is 1.89. The lowest BCUT2D eigenvalue weighted by atomic mass is 10.2. The molecule has 0 saturated carbocycles. The second-order valence-electron chi connectivity index (χ2n) is 4.96. The molecule has 0 radical (unpaired) electrons. The molecule has 0 aliphatic heterocycles. The number of halogens is 1. The van der Waals surface area contributed by atoms with Gasteiger partial charge in [-0.3, -0.25) is 14.6 Å². The number of carboxylic acid groups (broad SMARTS) is 1. The molecule has 1 aromatic carbocycles. The number of nitrogens with zero attached hydrogens (tertiary/aromatic N) is 2. The lowest BCUT2D eigenvalue weighted by molar-refractivity contribution is -0.305. The van der Waals surface area contributed by atoms with Crippen LogP contribution in [-0.2, 0) is 16.0 Å². The van der Waals surface area contributed by atoms with Crippen molar-refractivity contribution < 1.29 is 19.4 Å². The number of hydrogen-bond donors (Lipinski definition) is 2. The summed E-state index contributed by atoms with van der Waals surface area (Å²) in [5, 5.41) is 21.1. The zero-order valence-electron chi connectivity index (χ0n) is 13.6. The number of rotatable bonds is 8. The zero-order valence-corrected chi connectivity index (χ0v) is 15.1. The number of carbonyl (C=O) groups excluding carboxylic acids is 2. The number of thioether (sulfide) groups is 1. The molecular formula is C15H14ClN4O5S-. The van der Waals surface area contributed by atoms with E-state index in [0.29, 0.717) is 16.5 Å². The summed E-state index contributed by atoms with van der Waals surface area (Å²) in [6.45, 7) is 0. The number of H-pyrrole nitrogens is 1. The molecular weight excluding hydrogens is 384 g/mol. The quantitative estimate of drug-likeness (QED) is 0.604. The molecule has 1 amide bonds. The van der Waals surface area contributed by atoms with E-state index in [1.54, 1.807) is 18.2 Å². The van der Waals surface area contributed by atoms with Crippen LogP contribution >= 0.6 is 23.4 Å². The highest BCUT2D eigenvalue weighted by Crippen LogP contribution is 2.27. The lowest BCUT2D eigenvalue weighted by Crippen LogP contribution is -2.25. The molecule has 0 bridgehead atoms. The topological polar surface area (TPSA) is 137 Å². The summed E-state index contributed by atoms with van der Waals surface area (Å²) in [4.78, 5) is 36.7. The number of aromatic nitrogens is 3. The molecule has 0 atom stereocenters. The number of carbonyl (C=O) groups is 2. The van der Waals surface area contributed by atoms with Crippen LogP contribution in [0.15, 0.2) is 28.2 Å². The van der Waals surface area contributed by atoms with Gasteiger partial charge in [0.25, 0.3) is 5.56 Å². The highest BCUT2D eigenvalue weighted by molar-refractivity contribution is 7.99.